The number of nitrogens with zero attached hydrogens (tertiary/aromatic N) is 2. The van der Waals surface area contributed by atoms with Gasteiger partial charge in [-0.3, -0.25) is 14.4 Å². The van der Waals surface area contributed by atoms with Crippen molar-refractivity contribution in [1.29, 1.82) is 0 Å². The maximum atomic E-state index is 12.1. The maximum absolute atomic E-state index is 12.1. The summed E-state index contributed by atoms with van der Waals surface area (Å²) in [6.07, 6.45) is 1.21. The summed E-state index contributed by atoms with van der Waals surface area (Å²) in [7, 11) is 1.56. The van der Waals surface area contributed by atoms with Crippen molar-refractivity contribution in [2.75, 3.05) is 33.3 Å². The Morgan fingerprint density at radius 3 is 2.38 bits per heavy atom. The summed E-state index contributed by atoms with van der Waals surface area (Å²) in [5.41, 5.74) is 5.50. The quantitative estimate of drug-likeness (QED) is 0.697. The number of likely N-dealkylation sites (N-methyl/N-ethyl adjacent to an activating group) is 1. The van der Waals surface area contributed by atoms with Crippen LogP contribution < -0.4 is 5.73 Å². The number of nitrogens with two attached hydrogens (primary N) is 1. The number of esters is 1. The Bertz CT molecular complexity index is 390. The van der Waals surface area contributed by atoms with E-state index in [-0.39, 0.29) is 30.2 Å². The molecule has 0 aromatic carbocycles. The van der Waals surface area contributed by atoms with Crippen LogP contribution in [0.4, 0.5) is 0 Å². The van der Waals surface area contributed by atoms with Crippen molar-refractivity contribution in [2.24, 2.45) is 11.7 Å². The Morgan fingerprint density at radius 1 is 1.33 bits per heavy atom. The summed E-state index contributed by atoms with van der Waals surface area (Å²) in [5.74, 6) is -0.690. The minimum atomic E-state index is -0.614. The zero-order valence-electron chi connectivity index (χ0n) is 13.0. The lowest BCUT2D eigenvalue weighted by Crippen LogP contribution is -2.48. The number of rotatable bonds is 5. The second-order valence-electron chi connectivity index (χ2n) is 5.39. The first kappa shape index (κ1) is 17.4. The van der Waals surface area contributed by atoms with Crippen LogP contribution >= 0.6 is 0 Å². The Balaban J connectivity index is 2.42. The fourth-order valence-corrected chi connectivity index (χ4v) is 2.35. The molecule has 1 rings (SSSR count). The predicted octanol–water partition coefficient (Wildman–Crippen LogP) is -0.406. The van der Waals surface area contributed by atoms with E-state index in [1.54, 1.807) is 25.8 Å². The van der Waals surface area contributed by atoms with Crippen LogP contribution in [0.5, 0.6) is 0 Å². The van der Waals surface area contributed by atoms with Gasteiger partial charge < -0.3 is 20.3 Å². The number of ether oxygens (including phenoxy) is 1. The molecule has 0 radical (unpaired) electrons. The Labute approximate surface area is 125 Å². The van der Waals surface area contributed by atoms with E-state index in [0.29, 0.717) is 32.5 Å². The molecule has 1 saturated heterocycles. The fraction of sp³-hybridized carbons (Fsp3) is 0.786. The number of amides is 2. The topological polar surface area (TPSA) is 92.9 Å². The van der Waals surface area contributed by atoms with Crippen LogP contribution in [0.15, 0.2) is 0 Å². The summed E-state index contributed by atoms with van der Waals surface area (Å²) >= 11 is 0. The lowest BCUT2D eigenvalue weighted by molar-refractivity contribution is -0.151. The normalized spacial score (nSPS) is 17.2. The number of hydrogen-bond acceptors (Lipinski definition) is 5. The molecule has 7 nitrogen and oxygen atoms in total. The highest BCUT2D eigenvalue weighted by Crippen LogP contribution is 2.18. The summed E-state index contributed by atoms with van der Waals surface area (Å²) < 4.78 is 4.99. The van der Waals surface area contributed by atoms with E-state index in [1.165, 1.54) is 4.90 Å². The highest BCUT2D eigenvalue weighted by molar-refractivity contribution is 5.87. The third-order valence-corrected chi connectivity index (χ3v) is 3.61. The Morgan fingerprint density at radius 2 is 1.90 bits per heavy atom. The zero-order chi connectivity index (χ0) is 16.0. The van der Waals surface area contributed by atoms with Gasteiger partial charge in [0.25, 0.3) is 0 Å². The fourth-order valence-electron chi connectivity index (χ4n) is 2.35. The molecule has 21 heavy (non-hydrogen) atoms. The maximum Gasteiger partial charge on any atom is 0.309 e. The first-order valence-corrected chi connectivity index (χ1v) is 7.31. The molecular weight excluding hydrogens is 274 g/mol. The molecule has 1 aliphatic heterocycles. The molecular formula is C14H25N3O4. The Hall–Kier alpha value is -1.63. The standard InChI is InChI=1S/C14H25N3O4/c1-4-21-14(20)11-5-7-17(8-6-11)12(18)9-16(3)13(19)10(2)15/h10-11H,4-9,15H2,1-3H3/t10-/m1/s1. The summed E-state index contributed by atoms with van der Waals surface area (Å²) in [6.45, 7) is 4.80. The highest BCUT2D eigenvalue weighted by atomic mass is 16.5. The molecule has 0 unspecified atom stereocenters. The minimum Gasteiger partial charge on any atom is -0.466 e. The molecule has 7 heteroatoms. The van der Waals surface area contributed by atoms with Crippen LogP contribution in [-0.2, 0) is 19.1 Å². The molecule has 120 valence electrons. The van der Waals surface area contributed by atoms with Crippen molar-refractivity contribution in [3.8, 4) is 0 Å². The molecule has 1 aliphatic rings. The molecule has 2 N–H and O–H groups in total. The van der Waals surface area contributed by atoms with Gasteiger partial charge in [0.1, 0.15) is 0 Å². The summed E-state index contributed by atoms with van der Waals surface area (Å²) in [4.78, 5) is 38.4. The second-order valence-corrected chi connectivity index (χ2v) is 5.39. The zero-order valence-corrected chi connectivity index (χ0v) is 13.0. The molecule has 1 heterocycles. The lowest BCUT2D eigenvalue weighted by Gasteiger charge is -2.32. The molecule has 0 aliphatic carbocycles. The summed E-state index contributed by atoms with van der Waals surface area (Å²) in [6, 6.07) is -0.614. The van der Waals surface area contributed by atoms with Gasteiger partial charge in [-0.2, -0.15) is 0 Å². The molecule has 1 atom stereocenters. The third-order valence-electron chi connectivity index (χ3n) is 3.61. The van der Waals surface area contributed by atoms with Crippen LogP contribution in [0.2, 0.25) is 0 Å². The molecule has 1 fully saturated rings. The summed E-state index contributed by atoms with van der Waals surface area (Å²) in [5, 5.41) is 0. The minimum absolute atomic E-state index is 0.0183. The average Bonchev–Trinajstić information content (AvgIpc) is 2.46. The molecule has 0 aromatic rings. The van der Waals surface area contributed by atoms with Crippen LogP contribution in [0.25, 0.3) is 0 Å². The van der Waals surface area contributed by atoms with Crippen molar-refractivity contribution in [3.63, 3.8) is 0 Å². The number of likely N-dealkylation sites (tertiary alicyclic amines) is 1. The van der Waals surface area contributed by atoms with Gasteiger partial charge in [0, 0.05) is 20.1 Å². The van der Waals surface area contributed by atoms with E-state index < -0.39 is 6.04 Å². The van der Waals surface area contributed by atoms with Crippen molar-refractivity contribution in [1.82, 2.24) is 9.80 Å². The van der Waals surface area contributed by atoms with E-state index in [0.717, 1.165) is 0 Å². The highest BCUT2D eigenvalue weighted by Gasteiger charge is 2.29. The first-order valence-electron chi connectivity index (χ1n) is 7.31. The van der Waals surface area contributed by atoms with Crippen LogP contribution in [-0.4, -0.2) is 66.9 Å². The molecule has 0 bridgehead atoms. The number of carbonyl (C=O) groups excluding carboxylic acids is 3. The SMILES string of the molecule is CCOC(=O)C1CCN(C(=O)CN(C)C(=O)[C@@H](C)N)CC1. The molecule has 2 amide bonds. The van der Waals surface area contributed by atoms with E-state index in [9.17, 15) is 14.4 Å². The van der Waals surface area contributed by atoms with Gasteiger partial charge in [-0.15, -0.1) is 0 Å². The monoisotopic (exact) mass is 299 g/mol. The average molecular weight is 299 g/mol. The number of piperidine rings is 1. The van der Waals surface area contributed by atoms with Crippen molar-refractivity contribution >= 4 is 17.8 Å². The number of carbonyl (C=O) groups is 3. The van der Waals surface area contributed by atoms with Crippen LogP contribution in [0.3, 0.4) is 0 Å². The second kappa shape index (κ2) is 7.97. The van der Waals surface area contributed by atoms with E-state index in [1.807, 2.05) is 0 Å². The molecule has 0 aromatic heterocycles. The van der Waals surface area contributed by atoms with E-state index >= 15 is 0 Å². The van der Waals surface area contributed by atoms with Gasteiger partial charge in [0.05, 0.1) is 25.1 Å². The smallest absolute Gasteiger partial charge is 0.309 e. The van der Waals surface area contributed by atoms with Crippen LogP contribution in [0.1, 0.15) is 26.7 Å². The lowest BCUT2D eigenvalue weighted by atomic mass is 9.97. The van der Waals surface area contributed by atoms with Crippen molar-refractivity contribution < 1.29 is 19.1 Å². The van der Waals surface area contributed by atoms with E-state index in [2.05, 4.69) is 0 Å². The Kier molecular flexibility index (Phi) is 6.61. The van der Waals surface area contributed by atoms with Gasteiger partial charge in [-0.1, -0.05) is 0 Å². The van der Waals surface area contributed by atoms with E-state index in [4.69, 9.17) is 10.5 Å². The van der Waals surface area contributed by atoms with Gasteiger partial charge >= 0.3 is 5.97 Å². The van der Waals surface area contributed by atoms with Gasteiger partial charge in [-0.05, 0) is 26.7 Å². The number of hydrogen-bond donors (Lipinski definition) is 1. The molecule has 0 saturated carbocycles. The third kappa shape index (κ3) is 5.00. The molecule has 0 spiro atoms. The first-order chi connectivity index (χ1) is 9.86. The predicted molar refractivity (Wildman–Crippen MR) is 77.2 cm³/mol. The van der Waals surface area contributed by atoms with Crippen molar-refractivity contribution in [3.05, 3.63) is 0 Å². The van der Waals surface area contributed by atoms with Gasteiger partial charge in [0.15, 0.2) is 0 Å². The largest absolute Gasteiger partial charge is 0.466 e. The van der Waals surface area contributed by atoms with Crippen molar-refractivity contribution in [2.45, 2.75) is 32.7 Å². The van der Waals surface area contributed by atoms with Gasteiger partial charge in [0.2, 0.25) is 11.8 Å². The van der Waals surface area contributed by atoms with Crippen LogP contribution in [0, 0.1) is 5.92 Å². The van der Waals surface area contributed by atoms with Gasteiger partial charge in [-0.25, -0.2) is 0 Å².